The molecule has 0 radical (unpaired) electrons. The van der Waals surface area contributed by atoms with Crippen molar-refractivity contribution < 1.29 is 9.90 Å². The summed E-state index contributed by atoms with van der Waals surface area (Å²) in [7, 11) is 0. The number of carbonyl (C=O) groups is 1. The highest BCUT2D eigenvalue weighted by Gasteiger charge is 2.27. The van der Waals surface area contributed by atoms with Crippen molar-refractivity contribution in [3.63, 3.8) is 0 Å². The van der Waals surface area contributed by atoms with Gasteiger partial charge in [0.1, 0.15) is 0 Å². The maximum Gasteiger partial charge on any atom is 0.252 e. The fraction of sp³-hybridized carbons (Fsp3) is 0.500. The van der Waals surface area contributed by atoms with Crippen molar-refractivity contribution in [1.82, 2.24) is 5.32 Å². The lowest BCUT2D eigenvalue weighted by Gasteiger charge is -2.29. The SMILES string of the molecule is CCC(C)C(C)(O)CNC(=O)c1cc(Br)ccc1Cl. The molecule has 0 saturated heterocycles. The topological polar surface area (TPSA) is 49.3 Å². The van der Waals surface area contributed by atoms with E-state index in [0.717, 1.165) is 10.9 Å². The Kier molecular flexibility index (Phi) is 5.83. The third-order valence-corrected chi connectivity index (χ3v) is 4.28. The summed E-state index contributed by atoms with van der Waals surface area (Å²) in [6.45, 7) is 5.89. The van der Waals surface area contributed by atoms with Crippen LogP contribution in [-0.4, -0.2) is 23.2 Å². The van der Waals surface area contributed by atoms with Gasteiger partial charge in [0.25, 0.3) is 5.91 Å². The van der Waals surface area contributed by atoms with E-state index in [2.05, 4.69) is 21.2 Å². The number of carbonyl (C=O) groups excluding carboxylic acids is 1. The Labute approximate surface area is 127 Å². The molecule has 0 aliphatic carbocycles. The molecule has 2 N–H and O–H groups in total. The molecule has 1 amide bonds. The first-order chi connectivity index (χ1) is 8.77. The molecular formula is C14H19BrClNO2. The zero-order chi connectivity index (χ0) is 14.6. The summed E-state index contributed by atoms with van der Waals surface area (Å²) in [6.07, 6.45) is 0.848. The Morgan fingerprint density at radius 2 is 2.21 bits per heavy atom. The predicted octanol–water partition coefficient (Wildman–Crippen LogP) is 3.63. The highest BCUT2D eigenvalue weighted by molar-refractivity contribution is 9.10. The van der Waals surface area contributed by atoms with Crippen LogP contribution in [0.15, 0.2) is 22.7 Å². The maximum absolute atomic E-state index is 12.0. The molecule has 0 fully saturated rings. The van der Waals surface area contributed by atoms with Gasteiger partial charge in [0.15, 0.2) is 0 Å². The van der Waals surface area contributed by atoms with E-state index >= 15 is 0 Å². The summed E-state index contributed by atoms with van der Waals surface area (Å²) in [5.74, 6) is -0.180. The maximum atomic E-state index is 12.0. The number of amides is 1. The molecule has 2 unspecified atom stereocenters. The average molecular weight is 349 g/mol. The van der Waals surface area contributed by atoms with Gasteiger partial charge in [0, 0.05) is 11.0 Å². The molecule has 2 atom stereocenters. The van der Waals surface area contributed by atoms with E-state index in [1.54, 1.807) is 25.1 Å². The summed E-state index contributed by atoms with van der Waals surface area (Å²) in [5.41, 5.74) is -0.529. The second kappa shape index (κ2) is 6.73. The third-order valence-electron chi connectivity index (χ3n) is 3.45. The highest BCUT2D eigenvalue weighted by atomic mass is 79.9. The lowest BCUT2D eigenvalue weighted by atomic mass is 9.88. The number of hydrogen-bond donors (Lipinski definition) is 2. The Balaban J connectivity index is 2.73. The van der Waals surface area contributed by atoms with Gasteiger partial charge >= 0.3 is 0 Å². The minimum absolute atomic E-state index is 0.103. The third kappa shape index (κ3) is 4.48. The molecule has 1 aromatic rings. The van der Waals surface area contributed by atoms with Gasteiger partial charge in [-0.25, -0.2) is 0 Å². The van der Waals surface area contributed by atoms with Crippen LogP contribution >= 0.6 is 27.5 Å². The Bertz CT molecular complexity index is 463. The first-order valence-corrected chi connectivity index (χ1v) is 7.40. The Morgan fingerprint density at radius 1 is 1.58 bits per heavy atom. The molecule has 0 saturated carbocycles. The van der Waals surface area contributed by atoms with Gasteiger partial charge < -0.3 is 10.4 Å². The standard InChI is InChI=1S/C14H19BrClNO2/c1-4-9(2)14(3,19)8-17-13(18)11-7-10(15)5-6-12(11)16/h5-7,9,19H,4,8H2,1-3H3,(H,17,18). The van der Waals surface area contributed by atoms with Crippen LogP contribution < -0.4 is 5.32 Å². The van der Waals surface area contributed by atoms with Crippen LogP contribution in [0, 0.1) is 5.92 Å². The van der Waals surface area contributed by atoms with Gasteiger partial charge in [-0.1, -0.05) is 47.8 Å². The van der Waals surface area contributed by atoms with E-state index in [4.69, 9.17) is 11.6 Å². The fourth-order valence-corrected chi connectivity index (χ4v) is 2.20. The van der Waals surface area contributed by atoms with Crippen molar-refractivity contribution in [3.05, 3.63) is 33.3 Å². The van der Waals surface area contributed by atoms with Crippen LogP contribution in [-0.2, 0) is 0 Å². The van der Waals surface area contributed by atoms with Gasteiger partial charge in [0.2, 0.25) is 0 Å². The zero-order valence-corrected chi connectivity index (χ0v) is 13.7. The van der Waals surface area contributed by atoms with Gasteiger partial charge in [-0.2, -0.15) is 0 Å². The van der Waals surface area contributed by atoms with E-state index in [-0.39, 0.29) is 18.4 Å². The largest absolute Gasteiger partial charge is 0.388 e. The molecule has 19 heavy (non-hydrogen) atoms. The smallest absolute Gasteiger partial charge is 0.252 e. The second-order valence-corrected chi connectivity index (χ2v) is 6.30. The molecular weight excluding hydrogens is 330 g/mol. The predicted molar refractivity (Wildman–Crippen MR) is 81.6 cm³/mol. The van der Waals surface area contributed by atoms with E-state index in [1.165, 1.54) is 0 Å². The Morgan fingerprint density at radius 3 is 2.79 bits per heavy atom. The lowest BCUT2D eigenvalue weighted by Crippen LogP contribution is -2.45. The molecule has 0 heterocycles. The number of rotatable bonds is 5. The van der Waals surface area contributed by atoms with E-state index in [0.29, 0.717) is 10.6 Å². The van der Waals surface area contributed by atoms with Crippen LogP contribution in [0.25, 0.3) is 0 Å². The van der Waals surface area contributed by atoms with Crippen LogP contribution in [0.3, 0.4) is 0 Å². The van der Waals surface area contributed by atoms with Crippen molar-refractivity contribution in [1.29, 1.82) is 0 Å². The van der Waals surface area contributed by atoms with Crippen LogP contribution in [0.5, 0.6) is 0 Å². The van der Waals surface area contributed by atoms with E-state index < -0.39 is 5.60 Å². The molecule has 0 bridgehead atoms. The minimum Gasteiger partial charge on any atom is -0.388 e. The van der Waals surface area contributed by atoms with E-state index in [9.17, 15) is 9.90 Å². The summed E-state index contributed by atoms with van der Waals surface area (Å²) in [5, 5.41) is 13.4. The highest BCUT2D eigenvalue weighted by Crippen LogP contribution is 2.22. The van der Waals surface area contributed by atoms with Gasteiger partial charge in [-0.3, -0.25) is 4.79 Å². The van der Waals surface area contributed by atoms with Crippen molar-refractivity contribution >= 4 is 33.4 Å². The molecule has 106 valence electrons. The zero-order valence-electron chi connectivity index (χ0n) is 11.3. The van der Waals surface area contributed by atoms with Crippen molar-refractivity contribution in [2.24, 2.45) is 5.92 Å². The van der Waals surface area contributed by atoms with Gasteiger partial charge in [-0.15, -0.1) is 0 Å². The quantitative estimate of drug-likeness (QED) is 0.853. The van der Waals surface area contributed by atoms with Crippen LogP contribution in [0.1, 0.15) is 37.6 Å². The monoisotopic (exact) mass is 347 g/mol. The summed E-state index contributed by atoms with van der Waals surface area (Å²) < 4.78 is 0.788. The molecule has 3 nitrogen and oxygen atoms in total. The molecule has 0 aromatic heterocycles. The number of hydrogen-bond acceptors (Lipinski definition) is 2. The first kappa shape index (κ1) is 16.5. The van der Waals surface area contributed by atoms with Crippen molar-refractivity contribution in [3.8, 4) is 0 Å². The fourth-order valence-electron chi connectivity index (χ4n) is 1.64. The summed E-state index contributed by atoms with van der Waals surface area (Å²) in [4.78, 5) is 12.0. The summed E-state index contributed by atoms with van der Waals surface area (Å²) >= 11 is 9.29. The Hall–Kier alpha value is -0.580. The van der Waals surface area contributed by atoms with Crippen LogP contribution in [0.2, 0.25) is 5.02 Å². The molecule has 1 rings (SSSR count). The number of benzene rings is 1. The minimum atomic E-state index is -0.928. The van der Waals surface area contributed by atoms with Gasteiger partial charge in [-0.05, 0) is 31.0 Å². The van der Waals surface area contributed by atoms with Crippen LogP contribution in [0.4, 0.5) is 0 Å². The number of halogens is 2. The first-order valence-electron chi connectivity index (χ1n) is 6.23. The molecule has 0 aliphatic heterocycles. The molecule has 1 aromatic carbocycles. The summed E-state index contributed by atoms with van der Waals surface area (Å²) in [6, 6.07) is 5.09. The van der Waals surface area contributed by atoms with Crippen molar-refractivity contribution in [2.75, 3.05) is 6.54 Å². The normalized spacial score (nSPS) is 15.7. The number of aliphatic hydroxyl groups is 1. The lowest BCUT2D eigenvalue weighted by molar-refractivity contribution is 0.00593. The average Bonchev–Trinajstić information content (AvgIpc) is 2.37. The molecule has 5 heteroatoms. The van der Waals surface area contributed by atoms with Gasteiger partial charge in [0.05, 0.1) is 16.2 Å². The number of nitrogens with one attached hydrogen (secondary N) is 1. The van der Waals surface area contributed by atoms with E-state index in [1.807, 2.05) is 13.8 Å². The molecule has 0 spiro atoms. The second-order valence-electron chi connectivity index (χ2n) is 4.97. The van der Waals surface area contributed by atoms with Crippen molar-refractivity contribution in [2.45, 2.75) is 32.8 Å². The molecule has 0 aliphatic rings.